The number of hydrogen-bond acceptors (Lipinski definition) is 2. The lowest BCUT2D eigenvalue weighted by Gasteiger charge is -2.18. The Labute approximate surface area is 120 Å². The van der Waals surface area contributed by atoms with Gasteiger partial charge in [-0.05, 0) is 61.5 Å². The second-order valence-electron chi connectivity index (χ2n) is 3.54. The number of thiophene rings is 1. The summed E-state index contributed by atoms with van der Waals surface area (Å²) < 4.78 is 15.1. The first-order valence-electron chi connectivity index (χ1n) is 4.98. The van der Waals surface area contributed by atoms with Crippen LogP contribution in [-0.4, -0.2) is 7.05 Å². The van der Waals surface area contributed by atoms with Crippen molar-refractivity contribution in [2.75, 3.05) is 7.05 Å². The van der Waals surface area contributed by atoms with Gasteiger partial charge < -0.3 is 5.32 Å². The summed E-state index contributed by atoms with van der Waals surface area (Å²) in [7, 11) is 1.87. The first-order chi connectivity index (χ1) is 8.15. The van der Waals surface area contributed by atoms with E-state index >= 15 is 0 Å². The first kappa shape index (κ1) is 13.2. The number of hydrogen-bond donors (Lipinski definition) is 1. The molecule has 1 atom stereocenters. The Morgan fingerprint density at radius 2 is 2.00 bits per heavy atom. The highest BCUT2D eigenvalue weighted by Crippen LogP contribution is 2.35. The molecule has 0 bridgehead atoms. The molecule has 0 radical (unpaired) electrons. The summed E-state index contributed by atoms with van der Waals surface area (Å²) in [4.78, 5) is 0. The third-order valence-electron chi connectivity index (χ3n) is 2.53. The lowest BCUT2D eigenvalue weighted by Crippen LogP contribution is -2.18. The van der Waals surface area contributed by atoms with E-state index in [1.165, 1.54) is 6.07 Å². The zero-order valence-electron chi connectivity index (χ0n) is 9.01. The second-order valence-corrected chi connectivity index (χ2v) is 5.93. The largest absolute Gasteiger partial charge is 0.309 e. The molecule has 0 aliphatic heterocycles. The summed E-state index contributed by atoms with van der Waals surface area (Å²) in [6.07, 6.45) is 0. The Kier molecular flexibility index (Phi) is 4.36. The molecule has 1 N–H and O–H groups in total. The van der Waals surface area contributed by atoms with E-state index in [1.54, 1.807) is 17.4 Å². The lowest BCUT2D eigenvalue weighted by molar-refractivity contribution is 0.608. The number of benzene rings is 1. The Hall–Kier alpha value is -0.230. The maximum atomic E-state index is 13.5. The Morgan fingerprint density at radius 3 is 2.59 bits per heavy atom. The predicted octanol–water partition coefficient (Wildman–Crippen LogP) is 4.72. The van der Waals surface area contributed by atoms with Crippen molar-refractivity contribution in [1.82, 2.24) is 5.32 Å². The van der Waals surface area contributed by atoms with Crippen LogP contribution in [-0.2, 0) is 0 Å². The molecule has 1 heterocycles. The maximum Gasteiger partial charge on any atom is 0.137 e. The molecule has 0 amide bonds. The SMILES string of the molecule is CNC(c1cscc1Br)c1cccc(F)c1Br. The highest BCUT2D eigenvalue weighted by molar-refractivity contribution is 9.10. The predicted molar refractivity (Wildman–Crippen MR) is 77.0 cm³/mol. The number of halogens is 3. The summed E-state index contributed by atoms with van der Waals surface area (Å²) in [6, 6.07) is 5.06. The number of rotatable bonds is 3. The van der Waals surface area contributed by atoms with Gasteiger partial charge >= 0.3 is 0 Å². The topological polar surface area (TPSA) is 12.0 Å². The molecule has 0 saturated heterocycles. The van der Waals surface area contributed by atoms with Gasteiger partial charge in [0.05, 0.1) is 10.5 Å². The molecule has 17 heavy (non-hydrogen) atoms. The molecular formula is C12H10Br2FNS. The van der Waals surface area contributed by atoms with Gasteiger partial charge in [0.1, 0.15) is 5.82 Å². The van der Waals surface area contributed by atoms with Crippen LogP contribution in [0.1, 0.15) is 17.2 Å². The Morgan fingerprint density at radius 1 is 1.24 bits per heavy atom. The molecule has 1 nitrogen and oxygen atoms in total. The van der Waals surface area contributed by atoms with Crippen molar-refractivity contribution in [2.24, 2.45) is 0 Å². The van der Waals surface area contributed by atoms with Gasteiger partial charge in [0.25, 0.3) is 0 Å². The smallest absolute Gasteiger partial charge is 0.137 e. The van der Waals surface area contributed by atoms with E-state index in [2.05, 4.69) is 42.6 Å². The molecule has 1 aromatic heterocycles. The fourth-order valence-corrected chi connectivity index (χ4v) is 3.76. The van der Waals surface area contributed by atoms with Gasteiger partial charge in [0.2, 0.25) is 0 Å². The molecule has 0 saturated carbocycles. The van der Waals surface area contributed by atoms with E-state index in [4.69, 9.17) is 0 Å². The van der Waals surface area contributed by atoms with Crippen LogP contribution in [0.25, 0.3) is 0 Å². The summed E-state index contributed by atoms with van der Waals surface area (Å²) >= 11 is 8.43. The van der Waals surface area contributed by atoms with Crippen molar-refractivity contribution >= 4 is 43.2 Å². The lowest BCUT2D eigenvalue weighted by atomic mass is 10.0. The molecule has 0 fully saturated rings. The minimum Gasteiger partial charge on any atom is -0.309 e. The van der Waals surface area contributed by atoms with E-state index in [0.29, 0.717) is 4.47 Å². The van der Waals surface area contributed by atoms with Crippen LogP contribution in [0, 0.1) is 5.82 Å². The van der Waals surface area contributed by atoms with E-state index in [1.807, 2.05) is 18.5 Å². The van der Waals surface area contributed by atoms with Crippen molar-refractivity contribution in [3.8, 4) is 0 Å². The molecule has 90 valence electrons. The zero-order chi connectivity index (χ0) is 12.4. The summed E-state index contributed by atoms with van der Waals surface area (Å²) in [5.41, 5.74) is 2.01. The van der Waals surface area contributed by atoms with E-state index in [0.717, 1.165) is 15.6 Å². The van der Waals surface area contributed by atoms with Crippen molar-refractivity contribution in [2.45, 2.75) is 6.04 Å². The quantitative estimate of drug-likeness (QED) is 0.814. The van der Waals surface area contributed by atoms with Crippen LogP contribution in [0.2, 0.25) is 0 Å². The van der Waals surface area contributed by atoms with Crippen LogP contribution in [0.5, 0.6) is 0 Å². The molecule has 0 aliphatic rings. The van der Waals surface area contributed by atoms with Crippen LogP contribution in [0.4, 0.5) is 4.39 Å². The third kappa shape index (κ3) is 2.62. The fourth-order valence-electron chi connectivity index (χ4n) is 1.72. The van der Waals surface area contributed by atoms with Crippen molar-refractivity contribution in [3.05, 3.63) is 54.8 Å². The van der Waals surface area contributed by atoms with Crippen LogP contribution >= 0.6 is 43.2 Å². The van der Waals surface area contributed by atoms with Gasteiger partial charge in [-0.25, -0.2) is 4.39 Å². The molecule has 0 aliphatic carbocycles. The van der Waals surface area contributed by atoms with Gasteiger partial charge in [-0.15, -0.1) is 0 Å². The average molecular weight is 379 g/mol. The molecular weight excluding hydrogens is 369 g/mol. The summed E-state index contributed by atoms with van der Waals surface area (Å²) in [5.74, 6) is -0.242. The average Bonchev–Trinajstić information content (AvgIpc) is 2.72. The van der Waals surface area contributed by atoms with E-state index in [-0.39, 0.29) is 11.9 Å². The van der Waals surface area contributed by atoms with Gasteiger partial charge in [-0.1, -0.05) is 12.1 Å². The third-order valence-corrected chi connectivity index (χ3v) is 5.12. The standard InChI is InChI=1S/C12H10Br2FNS/c1-16-12(8-5-17-6-9(8)13)7-3-2-4-10(15)11(7)14/h2-6,12,16H,1H3. The highest BCUT2D eigenvalue weighted by Gasteiger charge is 2.19. The normalized spacial score (nSPS) is 12.7. The first-order valence-corrected chi connectivity index (χ1v) is 7.50. The van der Waals surface area contributed by atoms with Crippen LogP contribution < -0.4 is 5.32 Å². The molecule has 1 aromatic carbocycles. The maximum absolute atomic E-state index is 13.5. The second kappa shape index (κ2) is 5.61. The van der Waals surface area contributed by atoms with Gasteiger partial charge in [-0.3, -0.25) is 0 Å². The monoisotopic (exact) mass is 377 g/mol. The van der Waals surface area contributed by atoms with Crippen LogP contribution in [0.3, 0.4) is 0 Å². The minimum atomic E-state index is -0.242. The van der Waals surface area contributed by atoms with Gasteiger partial charge in [-0.2, -0.15) is 11.3 Å². The Balaban J connectivity index is 2.50. The van der Waals surface area contributed by atoms with Crippen molar-refractivity contribution < 1.29 is 4.39 Å². The summed E-state index contributed by atoms with van der Waals surface area (Å²) in [6.45, 7) is 0. The highest BCUT2D eigenvalue weighted by atomic mass is 79.9. The Bertz CT molecular complexity index is 527. The van der Waals surface area contributed by atoms with Gasteiger partial charge in [0, 0.05) is 9.85 Å². The van der Waals surface area contributed by atoms with Crippen molar-refractivity contribution in [3.63, 3.8) is 0 Å². The number of nitrogens with one attached hydrogen (secondary N) is 1. The molecule has 5 heteroatoms. The van der Waals surface area contributed by atoms with Crippen LogP contribution in [0.15, 0.2) is 37.9 Å². The fraction of sp³-hybridized carbons (Fsp3) is 0.167. The zero-order valence-corrected chi connectivity index (χ0v) is 13.0. The molecule has 2 rings (SSSR count). The molecule has 1 unspecified atom stereocenters. The van der Waals surface area contributed by atoms with E-state index < -0.39 is 0 Å². The summed E-state index contributed by atoms with van der Waals surface area (Å²) in [5, 5.41) is 7.29. The van der Waals surface area contributed by atoms with E-state index in [9.17, 15) is 4.39 Å². The molecule has 2 aromatic rings. The van der Waals surface area contributed by atoms with Gasteiger partial charge in [0.15, 0.2) is 0 Å². The van der Waals surface area contributed by atoms with Crippen molar-refractivity contribution in [1.29, 1.82) is 0 Å². The molecule has 0 spiro atoms. The minimum absolute atomic E-state index is 0.0271.